The zero-order valence-electron chi connectivity index (χ0n) is 11.7. The highest BCUT2D eigenvalue weighted by Crippen LogP contribution is 2.19. The molecule has 2 heterocycles. The molecule has 0 saturated heterocycles. The molecular weight excluding hydrogens is 252 g/mol. The van der Waals surface area contributed by atoms with E-state index in [4.69, 9.17) is 4.42 Å². The van der Waals surface area contributed by atoms with E-state index in [2.05, 4.69) is 27.3 Å². The summed E-state index contributed by atoms with van der Waals surface area (Å²) < 4.78 is 5.38. The summed E-state index contributed by atoms with van der Waals surface area (Å²) in [6.07, 6.45) is 4.28. The first kappa shape index (κ1) is 13.1. The molecule has 1 saturated carbocycles. The second-order valence-corrected chi connectivity index (χ2v) is 5.13. The Morgan fingerprint density at radius 2 is 2.20 bits per heavy atom. The molecule has 106 valence electrons. The lowest BCUT2D eigenvalue weighted by atomic mass is 10.3. The van der Waals surface area contributed by atoms with Gasteiger partial charge in [-0.3, -0.25) is 0 Å². The van der Waals surface area contributed by atoms with E-state index in [0.717, 1.165) is 36.9 Å². The fourth-order valence-electron chi connectivity index (χ4n) is 2.10. The average molecular weight is 272 g/mol. The van der Waals surface area contributed by atoms with Crippen molar-refractivity contribution < 1.29 is 4.42 Å². The summed E-state index contributed by atoms with van der Waals surface area (Å²) in [6, 6.07) is 8.65. The van der Waals surface area contributed by atoms with Crippen molar-refractivity contribution in [2.24, 2.45) is 0 Å². The Labute approximate surface area is 119 Å². The third kappa shape index (κ3) is 3.36. The molecule has 20 heavy (non-hydrogen) atoms. The molecule has 2 aromatic heterocycles. The van der Waals surface area contributed by atoms with E-state index >= 15 is 0 Å². The Balaban J connectivity index is 1.61. The zero-order chi connectivity index (χ0) is 13.8. The highest BCUT2D eigenvalue weighted by atomic mass is 16.3. The first-order valence-corrected chi connectivity index (χ1v) is 7.18. The van der Waals surface area contributed by atoms with Crippen molar-refractivity contribution in [3.05, 3.63) is 42.0 Å². The molecule has 5 nitrogen and oxygen atoms in total. The lowest BCUT2D eigenvalue weighted by molar-refractivity contribution is 0.502. The van der Waals surface area contributed by atoms with Gasteiger partial charge >= 0.3 is 0 Å². The molecule has 0 aromatic carbocycles. The van der Waals surface area contributed by atoms with E-state index in [-0.39, 0.29) is 0 Å². The predicted molar refractivity (Wildman–Crippen MR) is 77.3 cm³/mol. The fraction of sp³-hybridized carbons (Fsp3) is 0.467. The quantitative estimate of drug-likeness (QED) is 0.838. The summed E-state index contributed by atoms with van der Waals surface area (Å²) in [5, 5.41) is 12.1. The molecule has 0 spiro atoms. The van der Waals surface area contributed by atoms with Crippen LogP contribution in [0.15, 0.2) is 34.9 Å². The Bertz CT molecular complexity index is 519. The van der Waals surface area contributed by atoms with Crippen LogP contribution in [0.3, 0.4) is 0 Å². The number of furan rings is 1. The Kier molecular flexibility index (Phi) is 3.97. The number of nitrogens with zero attached hydrogens (tertiary/aromatic N) is 3. The van der Waals surface area contributed by atoms with Gasteiger partial charge in [-0.1, -0.05) is 0 Å². The van der Waals surface area contributed by atoms with Crippen molar-refractivity contribution in [2.75, 3.05) is 11.4 Å². The summed E-state index contributed by atoms with van der Waals surface area (Å²) in [5.74, 6) is 1.83. The van der Waals surface area contributed by atoms with Gasteiger partial charge in [-0.05, 0) is 44.0 Å². The molecule has 3 rings (SSSR count). The van der Waals surface area contributed by atoms with Gasteiger partial charge < -0.3 is 14.6 Å². The molecule has 1 N–H and O–H groups in total. The van der Waals surface area contributed by atoms with Crippen LogP contribution in [-0.2, 0) is 13.1 Å². The second kappa shape index (κ2) is 6.05. The van der Waals surface area contributed by atoms with Crippen molar-refractivity contribution in [3.63, 3.8) is 0 Å². The zero-order valence-corrected chi connectivity index (χ0v) is 11.7. The van der Waals surface area contributed by atoms with Gasteiger partial charge in [0.05, 0.1) is 18.5 Å². The van der Waals surface area contributed by atoms with Crippen LogP contribution in [0.1, 0.15) is 31.2 Å². The number of anilines is 1. The topological polar surface area (TPSA) is 54.2 Å². The fourth-order valence-corrected chi connectivity index (χ4v) is 2.10. The first-order valence-electron chi connectivity index (χ1n) is 7.18. The van der Waals surface area contributed by atoms with Crippen LogP contribution < -0.4 is 10.2 Å². The SMILES string of the molecule is CCN(Cc1ccco1)c1ccc(CNC2CC2)nn1. The molecule has 0 aliphatic heterocycles. The predicted octanol–water partition coefficient (Wildman–Crippen LogP) is 2.35. The van der Waals surface area contributed by atoms with Crippen LogP contribution in [-0.4, -0.2) is 22.8 Å². The third-order valence-corrected chi connectivity index (χ3v) is 3.49. The molecule has 0 unspecified atom stereocenters. The van der Waals surface area contributed by atoms with Gasteiger partial charge in [-0.15, -0.1) is 5.10 Å². The number of hydrogen-bond acceptors (Lipinski definition) is 5. The molecular formula is C15H20N4O. The van der Waals surface area contributed by atoms with Crippen molar-refractivity contribution in [1.29, 1.82) is 0 Å². The minimum absolute atomic E-state index is 0.697. The highest BCUT2D eigenvalue weighted by Gasteiger charge is 2.20. The third-order valence-electron chi connectivity index (χ3n) is 3.49. The van der Waals surface area contributed by atoms with Crippen molar-refractivity contribution in [1.82, 2.24) is 15.5 Å². The number of rotatable bonds is 7. The number of aromatic nitrogens is 2. The lowest BCUT2D eigenvalue weighted by Gasteiger charge is -2.20. The van der Waals surface area contributed by atoms with Crippen LogP contribution in [0.25, 0.3) is 0 Å². The van der Waals surface area contributed by atoms with E-state index in [1.165, 1.54) is 12.8 Å². The van der Waals surface area contributed by atoms with E-state index in [1.54, 1.807) is 6.26 Å². The second-order valence-electron chi connectivity index (χ2n) is 5.13. The van der Waals surface area contributed by atoms with Crippen LogP contribution in [0.2, 0.25) is 0 Å². The molecule has 0 radical (unpaired) electrons. The van der Waals surface area contributed by atoms with E-state index in [9.17, 15) is 0 Å². The van der Waals surface area contributed by atoms with Gasteiger partial charge in [0.25, 0.3) is 0 Å². The monoisotopic (exact) mass is 272 g/mol. The van der Waals surface area contributed by atoms with Gasteiger partial charge in [-0.2, -0.15) is 5.10 Å². The van der Waals surface area contributed by atoms with Crippen LogP contribution in [0.4, 0.5) is 5.82 Å². The van der Waals surface area contributed by atoms with Crippen molar-refractivity contribution in [2.45, 2.75) is 38.9 Å². The molecule has 1 aliphatic carbocycles. The maximum Gasteiger partial charge on any atom is 0.151 e. The van der Waals surface area contributed by atoms with Crippen LogP contribution in [0, 0.1) is 0 Å². The van der Waals surface area contributed by atoms with Crippen LogP contribution in [0.5, 0.6) is 0 Å². The molecule has 0 atom stereocenters. The van der Waals surface area contributed by atoms with Crippen LogP contribution >= 0.6 is 0 Å². The van der Waals surface area contributed by atoms with Gasteiger partial charge in [-0.25, -0.2) is 0 Å². The molecule has 2 aromatic rings. The lowest BCUT2D eigenvalue weighted by Crippen LogP contribution is -2.23. The smallest absolute Gasteiger partial charge is 0.151 e. The minimum Gasteiger partial charge on any atom is -0.467 e. The van der Waals surface area contributed by atoms with Gasteiger partial charge in [0.15, 0.2) is 5.82 Å². The standard InChI is InChI=1S/C15H20N4O/c1-2-19(11-14-4-3-9-20-14)15-8-7-13(17-18-15)10-16-12-5-6-12/h3-4,7-9,12,16H,2,5-6,10-11H2,1H3. The normalized spacial score (nSPS) is 14.4. The molecule has 1 fully saturated rings. The maximum atomic E-state index is 5.38. The first-order chi connectivity index (χ1) is 9.85. The molecule has 5 heteroatoms. The number of nitrogens with one attached hydrogen (secondary N) is 1. The average Bonchev–Trinajstić information content (AvgIpc) is 3.18. The Hall–Kier alpha value is -1.88. The summed E-state index contributed by atoms with van der Waals surface area (Å²) in [6.45, 7) is 4.50. The van der Waals surface area contributed by atoms with E-state index in [1.807, 2.05) is 24.3 Å². The largest absolute Gasteiger partial charge is 0.467 e. The molecule has 1 aliphatic rings. The van der Waals surface area contributed by atoms with E-state index in [0.29, 0.717) is 6.04 Å². The summed E-state index contributed by atoms with van der Waals surface area (Å²) in [7, 11) is 0. The number of hydrogen-bond donors (Lipinski definition) is 1. The van der Waals surface area contributed by atoms with Crippen molar-refractivity contribution >= 4 is 5.82 Å². The summed E-state index contributed by atoms with van der Waals surface area (Å²) in [5.41, 5.74) is 0.995. The Morgan fingerprint density at radius 1 is 1.30 bits per heavy atom. The molecule has 0 bridgehead atoms. The maximum absolute atomic E-state index is 5.38. The van der Waals surface area contributed by atoms with Gasteiger partial charge in [0.2, 0.25) is 0 Å². The van der Waals surface area contributed by atoms with Crippen molar-refractivity contribution in [3.8, 4) is 0 Å². The Morgan fingerprint density at radius 3 is 2.80 bits per heavy atom. The minimum atomic E-state index is 0.697. The summed E-state index contributed by atoms with van der Waals surface area (Å²) >= 11 is 0. The van der Waals surface area contributed by atoms with Gasteiger partial charge in [0.1, 0.15) is 5.76 Å². The highest BCUT2D eigenvalue weighted by molar-refractivity contribution is 5.37. The van der Waals surface area contributed by atoms with Gasteiger partial charge in [0, 0.05) is 19.1 Å². The summed E-state index contributed by atoms with van der Waals surface area (Å²) in [4.78, 5) is 2.14. The van der Waals surface area contributed by atoms with E-state index < -0.39 is 0 Å². The molecule has 0 amide bonds.